The number of nitrogens with zero attached hydrogens (tertiary/aromatic N) is 6. The Balaban J connectivity index is 1.09. The van der Waals surface area contributed by atoms with Gasteiger partial charge in [0.1, 0.15) is 23.8 Å². The van der Waals surface area contributed by atoms with Gasteiger partial charge in [0.05, 0.1) is 22.0 Å². The van der Waals surface area contributed by atoms with Gasteiger partial charge in [-0.3, -0.25) is 14.5 Å². The number of anilines is 2. The van der Waals surface area contributed by atoms with Gasteiger partial charge < -0.3 is 26.4 Å². The third kappa shape index (κ3) is 5.77. The summed E-state index contributed by atoms with van der Waals surface area (Å²) in [6.45, 7) is 7.44. The molecule has 3 aromatic heterocycles. The maximum absolute atomic E-state index is 14.8. The number of aromatic nitrogens is 4. The lowest BCUT2D eigenvalue weighted by molar-refractivity contribution is -0.0562. The molecule has 1 spiro atoms. The molecule has 2 atom stereocenters. The largest absolute Gasteiger partial charge is 0.473 e. The Bertz CT molecular complexity index is 1840. The second kappa shape index (κ2) is 12.4. The number of hydrogen-bond acceptors (Lipinski definition) is 10. The van der Waals surface area contributed by atoms with Crippen LogP contribution in [0.5, 0.6) is 5.88 Å². The molecule has 248 valence electrons. The molecular formula is C33H40FN9O3S. The van der Waals surface area contributed by atoms with Gasteiger partial charge in [0.15, 0.2) is 10.7 Å². The monoisotopic (exact) mass is 661 g/mol. The Morgan fingerprint density at radius 3 is 2.74 bits per heavy atom. The first-order chi connectivity index (χ1) is 22.7. The summed E-state index contributed by atoms with van der Waals surface area (Å²) >= 11 is 1.36. The van der Waals surface area contributed by atoms with E-state index in [-0.39, 0.29) is 35.0 Å². The average Bonchev–Trinajstić information content (AvgIpc) is 3.61. The molecule has 14 heteroatoms. The number of amides is 2. The molecule has 1 saturated carbocycles. The molecule has 47 heavy (non-hydrogen) atoms. The summed E-state index contributed by atoms with van der Waals surface area (Å²) in [4.78, 5) is 39.4. The molecule has 1 aliphatic carbocycles. The number of primary amides is 1. The molecule has 1 aromatic carbocycles. The number of ether oxygens (including phenoxy) is 1. The van der Waals surface area contributed by atoms with Gasteiger partial charge >= 0.3 is 0 Å². The second-order valence-electron chi connectivity index (χ2n) is 12.9. The van der Waals surface area contributed by atoms with Crippen molar-refractivity contribution in [1.29, 1.82) is 0 Å². The molecule has 2 saturated heterocycles. The van der Waals surface area contributed by atoms with Crippen molar-refractivity contribution in [1.82, 2.24) is 29.8 Å². The molecule has 7 rings (SSSR count). The Morgan fingerprint density at radius 2 is 2.02 bits per heavy atom. The topological polar surface area (TPSA) is 157 Å². The number of nitrogen functional groups attached to an aromatic ring is 1. The summed E-state index contributed by atoms with van der Waals surface area (Å²) in [5.74, 6) is -1.03. The minimum atomic E-state index is -0.839. The summed E-state index contributed by atoms with van der Waals surface area (Å²) < 4.78 is 22.9. The van der Waals surface area contributed by atoms with Crippen molar-refractivity contribution >= 4 is 40.2 Å². The van der Waals surface area contributed by atoms with Crippen molar-refractivity contribution < 1.29 is 18.7 Å². The quantitative estimate of drug-likeness (QED) is 0.252. The van der Waals surface area contributed by atoms with Crippen LogP contribution in [0.1, 0.15) is 76.9 Å². The van der Waals surface area contributed by atoms with Gasteiger partial charge in [-0.15, -0.1) is 11.3 Å². The van der Waals surface area contributed by atoms with Crippen LogP contribution in [0.25, 0.3) is 16.8 Å². The fourth-order valence-electron chi connectivity index (χ4n) is 7.61. The zero-order chi connectivity index (χ0) is 32.9. The number of carbonyl (C=O) groups is 2. The molecule has 5 heterocycles. The molecule has 4 aromatic rings. The molecular weight excluding hydrogens is 621 g/mol. The van der Waals surface area contributed by atoms with Crippen LogP contribution in [0.4, 0.5) is 15.9 Å². The Hall–Kier alpha value is -4.30. The highest BCUT2D eigenvalue weighted by atomic mass is 32.1. The predicted octanol–water partition coefficient (Wildman–Crippen LogP) is 4.17. The van der Waals surface area contributed by atoms with E-state index in [9.17, 15) is 14.0 Å². The fraction of sp³-hybridized carbons (Fsp3) is 0.485. The van der Waals surface area contributed by atoms with Gasteiger partial charge in [-0.2, -0.15) is 5.10 Å². The van der Waals surface area contributed by atoms with Crippen LogP contribution in [0.15, 0.2) is 30.6 Å². The molecule has 3 fully saturated rings. The molecule has 0 bridgehead atoms. The van der Waals surface area contributed by atoms with E-state index in [0.717, 1.165) is 56.0 Å². The normalized spacial score (nSPS) is 21.1. The Labute approximate surface area is 276 Å². The van der Waals surface area contributed by atoms with Gasteiger partial charge in [-0.1, -0.05) is 13.0 Å². The zero-order valence-corrected chi connectivity index (χ0v) is 27.5. The van der Waals surface area contributed by atoms with Crippen LogP contribution >= 0.6 is 11.3 Å². The van der Waals surface area contributed by atoms with E-state index in [2.05, 4.69) is 37.1 Å². The van der Waals surface area contributed by atoms with Crippen LogP contribution in [0.2, 0.25) is 0 Å². The van der Waals surface area contributed by atoms with Crippen LogP contribution in [-0.2, 0) is 0 Å². The van der Waals surface area contributed by atoms with Crippen LogP contribution < -0.4 is 26.4 Å². The van der Waals surface area contributed by atoms with Gasteiger partial charge in [-0.25, -0.2) is 18.9 Å². The SMILES string of the molecule is CCN1CCC(Oc2nc(C)sc2C(=O)N[C@@H]2CCCN(c3cc(-c4ccc(C(N)=O)c(F)c4)n4ncnc(N)c34)C2)CC12CCC2. The summed E-state index contributed by atoms with van der Waals surface area (Å²) in [7, 11) is 0. The van der Waals surface area contributed by atoms with Crippen molar-refractivity contribution in [2.24, 2.45) is 5.73 Å². The molecule has 0 radical (unpaired) electrons. The number of nitrogens with one attached hydrogen (secondary N) is 1. The van der Waals surface area contributed by atoms with Gasteiger partial charge in [-0.05, 0) is 70.2 Å². The van der Waals surface area contributed by atoms with E-state index in [1.165, 1.54) is 49.1 Å². The number of carbonyl (C=O) groups excluding carboxylic acids is 2. The first kappa shape index (κ1) is 31.3. The Morgan fingerprint density at radius 1 is 1.19 bits per heavy atom. The number of benzene rings is 1. The number of likely N-dealkylation sites (tertiary alicyclic amines) is 1. The highest BCUT2D eigenvalue weighted by Gasteiger charge is 2.47. The smallest absolute Gasteiger partial charge is 0.267 e. The minimum absolute atomic E-state index is 0.0433. The molecule has 12 nitrogen and oxygen atoms in total. The number of thiazole rings is 1. The number of fused-ring (bicyclic) bond motifs is 1. The third-order valence-corrected chi connectivity index (χ3v) is 11.0. The van der Waals surface area contributed by atoms with E-state index in [0.29, 0.717) is 34.1 Å². The van der Waals surface area contributed by atoms with Crippen LogP contribution in [0, 0.1) is 12.7 Å². The van der Waals surface area contributed by atoms with E-state index >= 15 is 0 Å². The molecule has 1 unspecified atom stereocenters. The summed E-state index contributed by atoms with van der Waals surface area (Å²) in [6, 6.07) is 6.00. The van der Waals surface area contributed by atoms with Gasteiger partial charge in [0, 0.05) is 43.2 Å². The van der Waals surface area contributed by atoms with Crippen molar-refractivity contribution in [2.45, 2.75) is 76.5 Å². The van der Waals surface area contributed by atoms with E-state index in [1.807, 2.05) is 13.0 Å². The highest BCUT2D eigenvalue weighted by molar-refractivity contribution is 7.13. The maximum Gasteiger partial charge on any atom is 0.267 e. The van der Waals surface area contributed by atoms with Crippen LogP contribution in [0.3, 0.4) is 0 Å². The first-order valence-corrected chi connectivity index (χ1v) is 17.1. The second-order valence-corrected chi connectivity index (χ2v) is 14.1. The lowest BCUT2D eigenvalue weighted by Crippen LogP contribution is -2.59. The number of hydrogen-bond donors (Lipinski definition) is 3. The number of aryl methyl sites for hydroxylation is 1. The van der Waals surface area contributed by atoms with Crippen molar-refractivity contribution in [2.75, 3.05) is 36.8 Å². The minimum Gasteiger partial charge on any atom is -0.473 e. The van der Waals surface area contributed by atoms with Crippen molar-refractivity contribution in [3.05, 3.63) is 51.9 Å². The molecule has 2 aliphatic heterocycles. The first-order valence-electron chi connectivity index (χ1n) is 16.3. The summed E-state index contributed by atoms with van der Waals surface area (Å²) in [5.41, 5.74) is 14.2. The van der Waals surface area contributed by atoms with Gasteiger partial charge in [0.2, 0.25) is 5.88 Å². The summed E-state index contributed by atoms with van der Waals surface area (Å²) in [6.07, 6.45) is 8.59. The van der Waals surface area contributed by atoms with Gasteiger partial charge in [0.25, 0.3) is 11.8 Å². The molecule has 3 aliphatic rings. The number of nitrogens with two attached hydrogens (primary N) is 2. The zero-order valence-electron chi connectivity index (χ0n) is 26.7. The highest BCUT2D eigenvalue weighted by Crippen LogP contribution is 2.45. The van der Waals surface area contributed by atoms with Crippen LogP contribution in [-0.4, -0.2) is 80.2 Å². The standard InChI is InChI=1S/C33H40FN9O3S/c1-3-42-13-9-22(16-33(42)10-5-11-33)46-32-28(47-19(2)39-32)31(45)40-21-6-4-12-41(17-21)26-15-25(43-27(26)29(35)37-18-38-43)20-7-8-23(30(36)44)24(34)14-20/h7-8,14-15,18,21-22H,3-6,9-13,16-17H2,1-2H3,(H2,36,44)(H,40,45)(H2,35,37,38)/t21-,22?/m1/s1. The maximum atomic E-state index is 14.8. The van der Waals surface area contributed by atoms with E-state index in [1.54, 1.807) is 10.6 Å². The average molecular weight is 662 g/mol. The number of rotatable bonds is 8. The van der Waals surface area contributed by atoms with Crippen molar-refractivity contribution in [3.63, 3.8) is 0 Å². The van der Waals surface area contributed by atoms with Crippen molar-refractivity contribution in [3.8, 4) is 17.1 Å². The predicted molar refractivity (Wildman–Crippen MR) is 178 cm³/mol. The molecule has 5 N–H and O–H groups in total. The lowest BCUT2D eigenvalue weighted by Gasteiger charge is -2.54. The lowest BCUT2D eigenvalue weighted by atomic mass is 9.69. The number of piperidine rings is 2. The summed E-state index contributed by atoms with van der Waals surface area (Å²) in [5, 5.41) is 8.45. The van der Waals surface area contributed by atoms with E-state index < -0.39 is 11.7 Å². The number of halogens is 1. The van der Waals surface area contributed by atoms with E-state index in [4.69, 9.17) is 16.2 Å². The molecule has 2 amide bonds. The Kier molecular flexibility index (Phi) is 8.25. The fourth-order valence-corrected chi connectivity index (χ4v) is 8.37. The third-order valence-electron chi connectivity index (χ3n) is 10.0.